The Balaban J connectivity index is 1.43. The minimum absolute atomic E-state index is 0.214. The third-order valence-electron chi connectivity index (χ3n) is 4.36. The Kier molecular flexibility index (Phi) is 4.54. The number of benzene rings is 1. The van der Waals surface area contributed by atoms with Crippen molar-refractivity contribution in [1.29, 1.82) is 0 Å². The average molecular weight is 355 g/mol. The first-order valence-corrected chi connectivity index (χ1v) is 9.99. The summed E-state index contributed by atoms with van der Waals surface area (Å²) in [5.41, 5.74) is 0.979. The lowest BCUT2D eigenvalue weighted by atomic mass is 10.2. The van der Waals surface area contributed by atoms with Crippen LogP contribution in [0.2, 0.25) is 0 Å². The van der Waals surface area contributed by atoms with Crippen LogP contribution in [-0.2, 0) is 4.79 Å². The summed E-state index contributed by atoms with van der Waals surface area (Å²) >= 11 is 3.27. The van der Waals surface area contributed by atoms with Crippen molar-refractivity contribution in [2.45, 2.75) is 23.9 Å². The third kappa shape index (κ3) is 3.19. The molecular formula is C19H18N2OS2. The first-order chi connectivity index (χ1) is 11.8. The molecule has 122 valence electrons. The summed E-state index contributed by atoms with van der Waals surface area (Å²) < 4.78 is 0. The zero-order valence-electron chi connectivity index (χ0n) is 13.2. The summed E-state index contributed by atoms with van der Waals surface area (Å²) in [6.45, 7) is 0.868. The number of thioether (sulfide) groups is 1. The summed E-state index contributed by atoms with van der Waals surface area (Å²) in [5, 5.41) is 4.13. The van der Waals surface area contributed by atoms with Gasteiger partial charge in [-0.3, -0.25) is 4.79 Å². The maximum atomic E-state index is 12.7. The molecule has 2 aromatic heterocycles. The molecule has 0 saturated carbocycles. The van der Waals surface area contributed by atoms with E-state index in [1.54, 1.807) is 11.3 Å². The molecule has 0 N–H and O–H groups in total. The molecule has 0 aliphatic carbocycles. The molecule has 1 aromatic carbocycles. The van der Waals surface area contributed by atoms with Crippen molar-refractivity contribution in [1.82, 2.24) is 9.88 Å². The zero-order valence-corrected chi connectivity index (χ0v) is 14.9. The Bertz CT molecular complexity index is 847. The number of para-hydroxylation sites is 1. The minimum atomic E-state index is 0.214. The molecule has 1 atom stereocenters. The molecule has 0 radical (unpaired) electrons. The largest absolute Gasteiger partial charge is 0.334 e. The lowest BCUT2D eigenvalue weighted by Crippen LogP contribution is -2.31. The van der Waals surface area contributed by atoms with Crippen LogP contribution in [0.4, 0.5) is 0 Å². The quantitative estimate of drug-likeness (QED) is 0.634. The van der Waals surface area contributed by atoms with E-state index in [-0.39, 0.29) is 11.9 Å². The van der Waals surface area contributed by atoms with E-state index in [1.807, 2.05) is 29.2 Å². The van der Waals surface area contributed by atoms with Gasteiger partial charge in [-0.15, -0.1) is 11.3 Å². The SMILES string of the molecule is O=C(CSc1ccc2ccccc2n1)N1CCC[C@@H]1c1cccs1. The summed E-state index contributed by atoms with van der Waals surface area (Å²) in [5.74, 6) is 0.665. The molecule has 1 amide bonds. The predicted octanol–water partition coefficient (Wildman–Crippen LogP) is 4.75. The minimum Gasteiger partial charge on any atom is -0.334 e. The highest BCUT2D eigenvalue weighted by Gasteiger charge is 2.30. The monoisotopic (exact) mass is 354 g/mol. The number of carbonyl (C=O) groups excluding carboxylic acids is 1. The molecule has 5 heteroatoms. The first kappa shape index (κ1) is 15.7. The fourth-order valence-electron chi connectivity index (χ4n) is 3.19. The van der Waals surface area contributed by atoms with Crippen molar-refractivity contribution >= 4 is 39.9 Å². The second-order valence-electron chi connectivity index (χ2n) is 5.89. The van der Waals surface area contributed by atoms with Gasteiger partial charge in [0.2, 0.25) is 5.91 Å². The Morgan fingerprint density at radius 1 is 1.21 bits per heavy atom. The molecule has 1 aliphatic rings. The van der Waals surface area contributed by atoms with Crippen LogP contribution in [0.15, 0.2) is 58.9 Å². The standard InChI is InChI=1S/C19H18N2OS2/c22-19(21-11-3-7-16(21)17-8-4-12-23-17)13-24-18-10-9-14-5-1-2-6-15(14)20-18/h1-2,4-6,8-10,12,16H,3,7,11,13H2/t16-/m1/s1. The number of amides is 1. The van der Waals surface area contributed by atoms with Crippen LogP contribution in [-0.4, -0.2) is 28.1 Å². The number of likely N-dealkylation sites (tertiary alicyclic amines) is 1. The number of thiophene rings is 1. The molecule has 4 rings (SSSR count). The fraction of sp³-hybridized carbons (Fsp3) is 0.263. The summed E-state index contributed by atoms with van der Waals surface area (Å²) in [7, 11) is 0. The van der Waals surface area contributed by atoms with Crippen LogP contribution >= 0.6 is 23.1 Å². The highest BCUT2D eigenvalue weighted by Crippen LogP contribution is 2.35. The van der Waals surface area contributed by atoms with Crippen LogP contribution in [0.25, 0.3) is 10.9 Å². The van der Waals surface area contributed by atoms with Gasteiger partial charge in [0.15, 0.2) is 0 Å². The van der Waals surface area contributed by atoms with Crippen molar-refractivity contribution in [2.24, 2.45) is 0 Å². The van der Waals surface area contributed by atoms with E-state index in [0.717, 1.165) is 35.3 Å². The van der Waals surface area contributed by atoms with Crippen molar-refractivity contribution in [3.05, 3.63) is 58.8 Å². The van der Waals surface area contributed by atoms with Crippen molar-refractivity contribution in [3.63, 3.8) is 0 Å². The number of aromatic nitrogens is 1. The number of fused-ring (bicyclic) bond motifs is 1. The van der Waals surface area contributed by atoms with E-state index >= 15 is 0 Å². The van der Waals surface area contributed by atoms with Gasteiger partial charge in [0.05, 0.1) is 22.3 Å². The van der Waals surface area contributed by atoms with Crippen LogP contribution in [0, 0.1) is 0 Å². The number of nitrogens with zero attached hydrogens (tertiary/aromatic N) is 2. The average Bonchev–Trinajstić information content (AvgIpc) is 3.30. The molecule has 3 nitrogen and oxygen atoms in total. The van der Waals surface area contributed by atoms with E-state index in [9.17, 15) is 4.79 Å². The first-order valence-electron chi connectivity index (χ1n) is 8.13. The van der Waals surface area contributed by atoms with E-state index in [0.29, 0.717) is 5.75 Å². The van der Waals surface area contributed by atoms with E-state index in [4.69, 9.17) is 0 Å². The van der Waals surface area contributed by atoms with Gasteiger partial charge < -0.3 is 4.90 Å². The van der Waals surface area contributed by atoms with Gasteiger partial charge in [-0.05, 0) is 36.4 Å². The molecule has 3 heterocycles. The highest BCUT2D eigenvalue weighted by atomic mass is 32.2. The Morgan fingerprint density at radius 2 is 2.12 bits per heavy atom. The number of carbonyl (C=O) groups is 1. The molecule has 0 bridgehead atoms. The summed E-state index contributed by atoms with van der Waals surface area (Å²) in [6, 6.07) is 16.6. The second-order valence-corrected chi connectivity index (χ2v) is 7.87. The highest BCUT2D eigenvalue weighted by molar-refractivity contribution is 7.99. The Morgan fingerprint density at radius 3 is 3.00 bits per heavy atom. The molecule has 1 fully saturated rings. The molecule has 0 unspecified atom stereocenters. The maximum Gasteiger partial charge on any atom is 0.233 e. The molecule has 1 aliphatic heterocycles. The fourth-order valence-corrected chi connectivity index (χ4v) is 4.83. The smallest absolute Gasteiger partial charge is 0.233 e. The summed E-state index contributed by atoms with van der Waals surface area (Å²) in [6.07, 6.45) is 2.17. The van der Waals surface area contributed by atoms with Gasteiger partial charge in [0.1, 0.15) is 0 Å². The third-order valence-corrected chi connectivity index (χ3v) is 6.25. The topological polar surface area (TPSA) is 33.2 Å². The van der Waals surface area contributed by atoms with Crippen molar-refractivity contribution < 1.29 is 4.79 Å². The Hall–Kier alpha value is -1.85. The van der Waals surface area contributed by atoms with E-state index < -0.39 is 0 Å². The molecule has 24 heavy (non-hydrogen) atoms. The molecular weight excluding hydrogens is 336 g/mol. The number of hydrogen-bond donors (Lipinski definition) is 0. The number of hydrogen-bond acceptors (Lipinski definition) is 4. The maximum absolute atomic E-state index is 12.7. The van der Waals surface area contributed by atoms with Crippen LogP contribution < -0.4 is 0 Å². The zero-order chi connectivity index (χ0) is 16.4. The lowest BCUT2D eigenvalue weighted by molar-refractivity contribution is -0.129. The van der Waals surface area contributed by atoms with Gasteiger partial charge in [0.25, 0.3) is 0 Å². The van der Waals surface area contributed by atoms with Gasteiger partial charge in [-0.25, -0.2) is 4.98 Å². The van der Waals surface area contributed by atoms with Gasteiger partial charge in [-0.2, -0.15) is 0 Å². The Labute approximate surface area is 149 Å². The normalized spacial score (nSPS) is 17.5. The van der Waals surface area contributed by atoms with E-state index in [1.165, 1.54) is 16.6 Å². The van der Waals surface area contributed by atoms with Crippen LogP contribution in [0.3, 0.4) is 0 Å². The van der Waals surface area contributed by atoms with E-state index in [2.05, 4.69) is 34.6 Å². The predicted molar refractivity (Wildman–Crippen MR) is 100 cm³/mol. The van der Waals surface area contributed by atoms with Gasteiger partial charge in [0, 0.05) is 16.8 Å². The number of pyridine rings is 1. The van der Waals surface area contributed by atoms with Crippen molar-refractivity contribution in [2.75, 3.05) is 12.3 Å². The van der Waals surface area contributed by atoms with Crippen LogP contribution in [0.5, 0.6) is 0 Å². The van der Waals surface area contributed by atoms with Crippen molar-refractivity contribution in [3.8, 4) is 0 Å². The lowest BCUT2D eigenvalue weighted by Gasteiger charge is -2.23. The van der Waals surface area contributed by atoms with Gasteiger partial charge >= 0.3 is 0 Å². The summed E-state index contributed by atoms with van der Waals surface area (Å²) in [4.78, 5) is 20.6. The van der Waals surface area contributed by atoms with Gasteiger partial charge in [-0.1, -0.05) is 42.1 Å². The molecule has 1 saturated heterocycles. The molecule has 3 aromatic rings. The molecule has 0 spiro atoms. The van der Waals surface area contributed by atoms with Crippen LogP contribution in [0.1, 0.15) is 23.8 Å². The second kappa shape index (κ2) is 6.95. The number of rotatable bonds is 4.